The molecule has 0 bridgehead atoms. The van der Waals surface area contributed by atoms with Gasteiger partial charge >= 0.3 is 0 Å². The summed E-state index contributed by atoms with van der Waals surface area (Å²) in [7, 11) is 0. The molecule has 2 aromatic heterocycles. The Bertz CT molecular complexity index is 936. The number of benzene rings is 1. The van der Waals surface area contributed by atoms with Crippen LogP contribution in [0.2, 0.25) is 0 Å². The van der Waals surface area contributed by atoms with Crippen LogP contribution in [0.5, 0.6) is 0 Å². The van der Waals surface area contributed by atoms with Crippen LogP contribution < -0.4 is 10.5 Å². The summed E-state index contributed by atoms with van der Waals surface area (Å²) < 4.78 is 1.67. The molecule has 0 spiro atoms. The monoisotopic (exact) mass is 321 g/mol. The molecule has 1 aliphatic rings. The molecule has 4 rings (SSSR count). The Morgan fingerprint density at radius 3 is 2.88 bits per heavy atom. The van der Waals surface area contributed by atoms with Crippen molar-refractivity contribution >= 4 is 16.9 Å². The fraction of sp³-hybridized carbons (Fsp3) is 0.333. The summed E-state index contributed by atoms with van der Waals surface area (Å²) in [6.45, 7) is 4.78. The number of fused-ring (bicyclic) bond motifs is 1. The second kappa shape index (κ2) is 6.03. The van der Waals surface area contributed by atoms with Gasteiger partial charge in [-0.25, -0.2) is 15.0 Å². The van der Waals surface area contributed by atoms with Crippen LogP contribution >= 0.6 is 0 Å². The van der Waals surface area contributed by atoms with Gasteiger partial charge in [0.2, 0.25) is 0 Å². The van der Waals surface area contributed by atoms with Gasteiger partial charge in [0.25, 0.3) is 5.56 Å². The van der Waals surface area contributed by atoms with Crippen molar-refractivity contribution in [3.63, 3.8) is 0 Å². The third-order valence-corrected chi connectivity index (χ3v) is 4.66. The van der Waals surface area contributed by atoms with Gasteiger partial charge in [0.1, 0.15) is 6.33 Å². The molecule has 6 heteroatoms. The number of hydrogen-bond donors (Lipinski definition) is 0. The van der Waals surface area contributed by atoms with Crippen LogP contribution in [0.1, 0.15) is 12.0 Å². The summed E-state index contributed by atoms with van der Waals surface area (Å²) in [5.41, 5.74) is 3.22. The molecule has 1 saturated heterocycles. The molecule has 0 aliphatic carbocycles. The van der Waals surface area contributed by atoms with Crippen molar-refractivity contribution in [3.05, 3.63) is 58.9 Å². The number of nitrogens with zero attached hydrogens (tertiary/aromatic N) is 5. The number of aryl methyl sites for hydroxylation is 1. The normalized spacial score (nSPS) is 17.5. The predicted molar refractivity (Wildman–Crippen MR) is 93.1 cm³/mol. The highest BCUT2D eigenvalue weighted by molar-refractivity contribution is 5.66. The number of hydrogen-bond acceptors (Lipinski definition) is 5. The first-order chi connectivity index (χ1) is 11.7. The van der Waals surface area contributed by atoms with E-state index in [1.807, 2.05) is 0 Å². The zero-order valence-corrected chi connectivity index (χ0v) is 13.6. The SMILES string of the molecule is Cc1ccccc1N1CCC(Cn2cnc3nccnc3c2=O)C1. The highest BCUT2D eigenvalue weighted by atomic mass is 16.1. The van der Waals surface area contributed by atoms with Crippen molar-refractivity contribution < 1.29 is 0 Å². The van der Waals surface area contributed by atoms with E-state index in [4.69, 9.17) is 0 Å². The van der Waals surface area contributed by atoms with Gasteiger partial charge in [-0.1, -0.05) is 18.2 Å². The Kier molecular flexibility index (Phi) is 3.72. The molecule has 1 atom stereocenters. The lowest BCUT2D eigenvalue weighted by molar-refractivity contribution is 0.473. The average Bonchev–Trinajstić information content (AvgIpc) is 3.06. The van der Waals surface area contributed by atoms with Crippen molar-refractivity contribution in [2.45, 2.75) is 19.9 Å². The minimum absolute atomic E-state index is 0.109. The van der Waals surface area contributed by atoms with Gasteiger partial charge in [-0.2, -0.15) is 0 Å². The fourth-order valence-corrected chi connectivity index (χ4v) is 3.42. The first-order valence-electron chi connectivity index (χ1n) is 8.19. The number of para-hydroxylation sites is 1. The second-order valence-electron chi connectivity index (χ2n) is 6.32. The molecule has 6 nitrogen and oxygen atoms in total. The maximum Gasteiger partial charge on any atom is 0.281 e. The number of anilines is 1. The van der Waals surface area contributed by atoms with E-state index in [1.165, 1.54) is 17.4 Å². The van der Waals surface area contributed by atoms with Crippen molar-refractivity contribution in [1.29, 1.82) is 0 Å². The van der Waals surface area contributed by atoms with Gasteiger partial charge in [-0.3, -0.25) is 9.36 Å². The molecule has 0 radical (unpaired) electrons. The molecule has 1 aliphatic heterocycles. The minimum atomic E-state index is -0.109. The van der Waals surface area contributed by atoms with Crippen LogP contribution in [0.4, 0.5) is 5.69 Å². The smallest absolute Gasteiger partial charge is 0.281 e. The predicted octanol–water partition coefficient (Wildman–Crippen LogP) is 2.02. The lowest BCUT2D eigenvalue weighted by atomic mass is 10.1. The van der Waals surface area contributed by atoms with E-state index in [-0.39, 0.29) is 5.56 Å². The molecular weight excluding hydrogens is 302 g/mol. The summed E-state index contributed by atoms with van der Waals surface area (Å²) in [5, 5.41) is 0. The fourth-order valence-electron chi connectivity index (χ4n) is 3.42. The van der Waals surface area contributed by atoms with E-state index in [9.17, 15) is 4.79 Å². The molecule has 3 aromatic rings. The largest absolute Gasteiger partial charge is 0.371 e. The molecule has 3 heterocycles. The lowest BCUT2D eigenvalue weighted by Crippen LogP contribution is -2.27. The number of aromatic nitrogens is 4. The van der Waals surface area contributed by atoms with E-state index < -0.39 is 0 Å². The molecule has 0 N–H and O–H groups in total. The third-order valence-electron chi connectivity index (χ3n) is 4.66. The molecule has 0 saturated carbocycles. The minimum Gasteiger partial charge on any atom is -0.371 e. The van der Waals surface area contributed by atoms with Crippen LogP contribution in [0.25, 0.3) is 11.2 Å². The summed E-state index contributed by atoms with van der Waals surface area (Å²) >= 11 is 0. The van der Waals surface area contributed by atoms with Gasteiger partial charge in [0, 0.05) is 37.7 Å². The summed E-state index contributed by atoms with van der Waals surface area (Å²) in [4.78, 5) is 27.4. The zero-order valence-electron chi connectivity index (χ0n) is 13.6. The zero-order chi connectivity index (χ0) is 16.5. The Balaban J connectivity index is 1.54. The Labute approximate surface area is 139 Å². The van der Waals surface area contributed by atoms with Crippen LogP contribution in [-0.4, -0.2) is 32.6 Å². The molecular formula is C18H19N5O. The topological polar surface area (TPSA) is 63.9 Å². The van der Waals surface area contributed by atoms with Crippen molar-refractivity contribution in [2.75, 3.05) is 18.0 Å². The van der Waals surface area contributed by atoms with Crippen LogP contribution in [0.3, 0.4) is 0 Å². The Morgan fingerprint density at radius 2 is 2.00 bits per heavy atom. The maximum atomic E-state index is 12.5. The van der Waals surface area contributed by atoms with Crippen molar-refractivity contribution in [3.8, 4) is 0 Å². The van der Waals surface area contributed by atoms with Gasteiger partial charge in [0.15, 0.2) is 11.2 Å². The van der Waals surface area contributed by atoms with Gasteiger partial charge in [-0.15, -0.1) is 0 Å². The molecule has 1 fully saturated rings. The van der Waals surface area contributed by atoms with Crippen LogP contribution in [-0.2, 0) is 6.54 Å². The molecule has 24 heavy (non-hydrogen) atoms. The summed E-state index contributed by atoms with van der Waals surface area (Å²) in [6, 6.07) is 8.44. The van der Waals surface area contributed by atoms with E-state index in [0.717, 1.165) is 19.5 Å². The van der Waals surface area contributed by atoms with Gasteiger partial charge < -0.3 is 4.90 Å². The molecule has 0 amide bonds. The van der Waals surface area contributed by atoms with Crippen LogP contribution in [0, 0.1) is 12.8 Å². The quantitative estimate of drug-likeness (QED) is 0.738. The Hall–Kier alpha value is -2.76. The average molecular weight is 321 g/mol. The van der Waals surface area contributed by atoms with Gasteiger partial charge in [-0.05, 0) is 30.9 Å². The number of rotatable bonds is 3. The van der Waals surface area contributed by atoms with Crippen LogP contribution in [0.15, 0.2) is 47.8 Å². The highest BCUT2D eigenvalue weighted by Crippen LogP contribution is 2.27. The summed E-state index contributed by atoms with van der Waals surface area (Å²) in [6.07, 6.45) is 5.75. The first kappa shape index (κ1) is 14.8. The lowest BCUT2D eigenvalue weighted by Gasteiger charge is -2.21. The first-order valence-corrected chi connectivity index (χ1v) is 8.19. The standard InChI is InChI=1S/C18H19N5O/c1-13-4-2-3-5-15(13)22-9-6-14(10-22)11-23-12-21-17-16(18(23)24)19-7-8-20-17/h2-5,7-8,12,14H,6,9-11H2,1H3. The summed E-state index contributed by atoms with van der Waals surface area (Å²) in [5.74, 6) is 0.429. The maximum absolute atomic E-state index is 12.5. The Morgan fingerprint density at radius 1 is 1.17 bits per heavy atom. The van der Waals surface area contributed by atoms with E-state index >= 15 is 0 Å². The molecule has 1 aromatic carbocycles. The third kappa shape index (κ3) is 2.64. The van der Waals surface area contributed by atoms with E-state index in [1.54, 1.807) is 17.1 Å². The van der Waals surface area contributed by atoms with E-state index in [0.29, 0.717) is 23.6 Å². The van der Waals surface area contributed by atoms with Gasteiger partial charge in [0.05, 0.1) is 0 Å². The van der Waals surface area contributed by atoms with Crippen molar-refractivity contribution in [1.82, 2.24) is 19.5 Å². The van der Waals surface area contributed by atoms with Crippen molar-refractivity contribution in [2.24, 2.45) is 5.92 Å². The highest BCUT2D eigenvalue weighted by Gasteiger charge is 2.24. The molecule has 1 unspecified atom stereocenters. The second-order valence-corrected chi connectivity index (χ2v) is 6.32. The molecule has 122 valence electrons. The van der Waals surface area contributed by atoms with E-state index in [2.05, 4.69) is 51.0 Å².